The summed E-state index contributed by atoms with van der Waals surface area (Å²) in [5.41, 5.74) is 2.27. The lowest BCUT2D eigenvalue weighted by Crippen LogP contribution is -2.35. The van der Waals surface area contributed by atoms with Crippen LogP contribution >= 0.6 is 15.9 Å². The van der Waals surface area contributed by atoms with Crippen LogP contribution in [-0.2, 0) is 0 Å². The zero-order chi connectivity index (χ0) is 18.5. The minimum atomic E-state index is -0.236. The highest BCUT2D eigenvalue weighted by molar-refractivity contribution is 9.10. The van der Waals surface area contributed by atoms with Gasteiger partial charge in [-0.25, -0.2) is 4.79 Å². The van der Waals surface area contributed by atoms with Crippen LogP contribution in [0.15, 0.2) is 57.5 Å². The van der Waals surface area contributed by atoms with E-state index in [9.17, 15) is 4.79 Å². The molecular weight excluding hydrogens is 396 g/mol. The molecule has 3 rings (SSSR count). The Hall–Kier alpha value is -2.67. The first kappa shape index (κ1) is 18.1. The lowest BCUT2D eigenvalue weighted by Gasteiger charge is -2.12. The first-order valence-electron chi connectivity index (χ1n) is 8.32. The summed E-state index contributed by atoms with van der Waals surface area (Å²) in [6.07, 6.45) is 0.870. The number of benzene rings is 2. The fraction of sp³-hybridized carbons (Fsp3) is 0.211. The summed E-state index contributed by atoms with van der Waals surface area (Å²) >= 11 is 3.40. The van der Waals surface area contributed by atoms with Gasteiger partial charge >= 0.3 is 6.03 Å². The van der Waals surface area contributed by atoms with E-state index in [0.29, 0.717) is 17.4 Å². The van der Waals surface area contributed by atoms with Crippen LogP contribution in [0.3, 0.4) is 0 Å². The van der Waals surface area contributed by atoms with Gasteiger partial charge in [-0.15, -0.1) is 0 Å². The quantitative estimate of drug-likeness (QED) is 0.609. The number of halogens is 1. The Morgan fingerprint density at radius 2 is 1.96 bits per heavy atom. The Kier molecular flexibility index (Phi) is 5.68. The van der Waals surface area contributed by atoms with Gasteiger partial charge in [0.25, 0.3) is 5.89 Å². The number of nitrogens with zero attached hydrogens (tertiary/aromatic N) is 2. The number of urea groups is 1. The molecule has 134 valence electrons. The van der Waals surface area contributed by atoms with E-state index < -0.39 is 0 Å². The molecular formula is C19H19BrN4O2. The number of aromatic nitrogens is 2. The maximum Gasteiger partial charge on any atom is 0.319 e. The number of carbonyl (C=O) groups is 1. The van der Waals surface area contributed by atoms with Crippen LogP contribution < -0.4 is 10.6 Å². The highest BCUT2D eigenvalue weighted by atomic mass is 79.9. The second kappa shape index (κ2) is 8.14. The van der Waals surface area contributed by atoms with Crippen LogP contribution in [-0.4, -0.2) is 22.2 Å². The molecule has 2 amide bonds. The second-order valence-electron chi connectivity index (χ2n) is 5.92. The molecule has 0 spiro atoms. The van der Waals surface area contributed by atoms with Crippen LogP contribution in [0.2, 0.25) is 0 Å². The average Bonchev–Trinajstić information content (AvgIpc) is 3.12. The molecule has 0 aliphatic heterocycles. The van der Waals surface area contributed by atoms with Gasteiger partial charge in [0.1, 0.15) is 0 Å². The minimum Gasteiger partial charge on any atom is -0.335 e. The third-order valence-corrected chi connectivity index (χ3v) is 4.41. The molecule has 0 saturated heterocycles. The van der Waals surface area contributed by atoms with Crippen LogP contribution in [0.25, 0.3) is 22.8 Å². The van der Waals surface area contributed by atoms with Crippen molar-refractivity contribution >= 4 is 27.6 Å². The minimum absolute atomic E-state index is 0.115. The zero-order valence-electron chi connectivity index (χ0n) is 14.5. The third kappa shape index (κ3) is 4.49. The number of hydrogen-bond acceptors (Lipinski definition) is 4. The Bertz CT molecular complexity index is 893. The molecule has 0 aliphatic rings. The maximum atomic E-state index is 12.0. The van der Waals surface area contributed by atoms with Crippen LogP contribution in [0.5, 0.6) is 0 Å². The highest BCUT2D eigenvalue weighted by Gasteiger charge is 2.12. The smallest absolute Gasteiger partial charge is 0.319 e. The van der Waals surface area contributed by atoms with Crippen molar-refractivity contribution in [3.63, 3.8) is 0 Å². The van der Waals surface area contributed by atoms with E-state index in [1.54, 1.807) is 0 Å². The molecule has 0 fully saturated rings. The topological polar surface area (TPSA) is 80.0 Å². The van der Waals surface area contributed by atoms with Crippen LogP contribution in [0.4, 0.5) is 10.5 Å². The first-order valence-corrected chi connectivity index (χ1v) is 9.12. The van der Waals surface area contributed by atoms with Crippen molar-refractivity contribution in [2.75, 3.05) is 5.32 Å². The molecule has 2 N–H and O–H groups in total. The average molecular weight is 415 g/mol. The third-order valence-electron chi connectivity index (χ3n) is 3.89. The summed E-state index contributed by atoms with van der Waals surface area (Å²) in [6, 6.07) is 14.8. The number of rotatable bonds is 5. The molecule has 6 nitrogen and oxygen atoms in total. The summed E-state index contributed by atoms with van der Waals surface area (Å²) in [5, 5.41) is 9.73. The zero-order valence-corrected chi connectivity index (χ0v) is 16.1. The van der Waals surface area contributed by atoms with E-state index in [-0.39, 0.29) is 12.1 Å². The van der Waals surface area contributed by atoms with Crippen molar-refractivity contribution < 1.29 is 9.32 Å². The first-order chi connectivity index (χ1) is 12.5. The van der Waals surface area contributed by atoms with Crippen molar-refractivity contribution in [1.82, 2.24) is 15.5 Å². The molecule has 2 aromatic carbocycles. The molecule has 0 aliphatic carbocycles. The molecule has 0 radical (unpaired) electrons. The van der Waals surface area contributed by atoms with Gasteiger partial charge in [-0.05, 0) is 49.7 Å². The summed E-state index contributed by atoms with van der Waals surface area (Å²) < 4.78 is 6.34. The van der Waals surface area contributed by atoms with Crippen molar-refractivity contribution in [2.45, 2.75) is 26.3 Å². The summed E-state index contributed by atoms with van der Waals surface area (Å²) in [7, 11) is 0. The number of amides is 2. The van der Waals surface area contributed by atoms with E-state index >= 15 is 0 Å². The standard InChI is InChI=1S/C19H19BrN4O2/c1-3-12(2)21-19(25)22-16-6-4-5-14(11-16)17-23-18(26-24-17)13-7-9-15(20)10-8-13/h4-12H,3H2,1-2H3,(H2,21,22,25)/t12-/m0/s1. The lowest BCUT2D eigenvalue weighted by molar-refractivity contribution is 0.249. The van der Waals surface area contributed by atoms with Gasteiger partial charge < -0.3 is 15.2 Å². The molecule has 3 aromatic rings. The molecule has 7 heteroatoms. The normalized spacial score (nSPS) is 11.8. The van der Waals surface area contributed by atoms with Crippen molar-refractivity contribution in [1.29, 1.82) is 0 Å². The van der Waals surface area contributed by atoms with E-state index in [1.807, 2.05) is 62.4 Å². The van der Waals surface area contributed by atoms with Crippen molar-refractivity contribution in [3.05, 3.63) is 53.0 Å². The predicted octanol–water partition coefficient (Wildman–Crippen LogP) is 5.09. The van der Waals surface area contributed by atoms with Crippen molar-refractivity contribution in [3.8, 4) is 22.8 Å². The summed E-state index contributed by atoms with van der Waals surface area (Å²) in [6.45, 7) is 3.98. The van der Waals surface area contributed by atoms with E-state index in [1.165, 1.54) is 0 Å². The monoisotopic (exact) mass is 414 g/mol. The Morgan fingerprint density at radius 1 is 1.19 bits per heavy atom. The van der Waals surface area contributed by atoms with Gasteiger partial charge in [-0.1, -0.05) is 40.1 Å². The molecule has 26 heavy (non-hydrogen) atoms. The van der Waals surface area contributed by atoms with Gasteiger partial charge in [0.05, 0.1) is 0 Å². The molecule has 0 saturated carbocycles. The molecule has 1 aromatic heterocycles. The Labute approximate surface area is 160 Å². The Balaban J connectivity index is 1.76. The fourth-order valence-electron chi connectivity index (χ4n) is 2.28. The number of carbonyl (C=O) groups excluding carboxylic acids is 1. The molecule has 0 unspecified atom stereocenters. The van der Waals surface area contributed by atoms with Gasteiger partial charge in [-0.2, -0.15) is 4.98 Å². The second-order valence-corrected chi connectivity index (χ2v) is 6.83. The SMILES string of the molecule is CC[C@H](C)NC(=O)Nc1cccc(-c2noc(-c3ccc(Br)cc3)n2)c1. The fourth-order valence-corrected chi connectivity index (χ4v) is 2.54. The van der Waals surface area contributed by atoms with Crippen LogP contribution in [0, 0.1) is 0 Å². The predicted molar refractivity (Wildman–Crippen MR) is 105 cm³/mol. The highest BCUT2D eigenvalue weighted by Crippen LogP contribution is 2.25. The molecule has 1 atom stereocenters. The van der Waals surface area contributed by atoms with E-state index in [4.69, 9.17) is 4.52 Å². The van der Waals surface area contributed by atoms with Crippen molar-refractivity contribution in [2.24, 2.45) is 0 Å². The summed E-state index contributed by atoms with van der Waals surface area (Å²) in [4.78, 5) is 16.4. The van der Waals surface area contributed by atoms with Crippen LogP contribution in [0.1, 0.15) is 20.3 Å². The van der Waals surface area contributed by atoms with Gasteiger partial charge in [0.2, 0.25) is 5.82 Å². The Morgan fingerprint density at radius 3 is 2.69 bits per heavy atom. The van der Waals surface area contributed by atoms with Gasteiger partial charge in [0.15, 0.2) is 0 Å². The molecule has 0 bridgehead atoms. The lowest BCUT2D eigenvalue weighted by atomic mass is 10.2. The number of nitrogens with one attached hydrogen (secondary N) is 2. The van der Waals surface area contributed by atoms with E-state index in [0.717, 1.165) is 22.0 Å². The maximum absolute atomic E-state index is 12.0. The molecule has 1 heterocycles. The number of anilines is 1. The van der Waals surface area contributed by atoms with Gasteiger partial charge in [0, 0.05) is 27.3 Å². The summed E-state index contributed by atoms with van der Waals surface area (Å²) in [5.74, 6) is 0.911. The largest absolute Gasteiger partial charge is 0.335 e. The van der Waals surface area contributed by atoms with Gasteiger partial charge in [-0.3, -0.25) is 0 Å². The van der Waals surface area contributed by atoms with E-state index in [2.05, 4.69) is 36.7 Å². The number of hydrogen-bond donors (Lipinski definition) is 2.